The van der Waals surface area contributed by atoms with Crippen LogP contribution in [0.25, 0.3) is 0 Å². The maximum atomic E-state index is 9.99. The van der Waals surface area contributed by atoms with Gasteiger partial charge in [0.15, 0.2) is 0 Å². The maximum absolute atomic E-state index is 9.99. The van der Waals surface area contributed by atoms with E-state index in [1.807, 2.05) is 6.07 Å². The summed E-state index contributed by atoms with van der Waals surface area (Å²) in [6, 6.07) is 6.89. The molecule has 0 saturated heterocycles. The van der Waals surface area contributed by atoms with Crippen LogP contribution in [0, 0.1) is 23.2 Å². The molecule has 0 amide bonds. The molecule has 0 aliphatic heterocycles. The molecule has 0 aliphatic carbocycles. The van der Waals surface area contributed by atoms with Crippen LogP contribution in [0.15, 0.2) is 18.2 Å². The zero-order chi connectivity index (χ0) is 10.4. The van der Waals surface area contributed by atoms with E-state index < -0.39 is 0 Å². The lowest BCUT2D eigenvalue weighted by Gasteiger charge is -1.96. The van der Waals surface area contributed by atoms with Crippen LogP contribution in [0.2, 0.25) is 0 Å². The lowest BCUT2D eigenvalue weighted by molar-refractivity contribution is -0.107. The second kappa shape index (κ2) is 4.69. The molecular weight excluding hydrogens is 176 g/mol. The van der Waals surface area contributed by atoms with Gasteiger partial charge in [0, 0.05) is 5.56 Å². The minimum Gasteiger partial charge on any atom is -0.398 e. The maximum Gasteiger partial charge on any atom is 0.131 e. The van der Waals surface area contributed by atoms with Crippen molar-refractivity contribution < 1.29 is 4.79 Å². The van der Waals surface area contributed by atoms with E-state index in [-0.39, 0.29) is 6.42 Å². The van der Waals surface area contributed by atoms with E-state index in [1.54, 1.807) is 18.2 Å². The Morgan fingerprint density at radius 2 is 2.29 bits per heavy atom. The van der Waals surface area contributed by atoms with Gasteiger partial charge < -0.3 is 10.5 Å². The number of carbonyl (C=O) groups excluding carboxylic acids is 1. The molecular formula is C11H8N2O. The fourth-order valence-corrected chi connectivity index (χ4v) is 0.937. The Hall–Kier alpha value is -2.26. The van der Waals surface area contributed by atoms with Crippen LogP contribution in [0.1, 0.15) is 17.5 Å². The summed E-state index contributed by atoms with van der Waals surface area (Å²) in [7, 11) is 0. The van der Waals surface area contributed by atoms with Crippen molar-refractivity contribution in [3.63, 3.8) is 0 Å². The van der Waals surface area contributed by atoms with E-state index in [4.69, 9.17) is 11.0 Å². The second-order valence-corrected chi connectivity index (χ2v) is 2.59. The highest BCUT2D eigenvalue weighted by Crippen LogP contribution is 2.11. The van der Waals surface area contributed by atoms with Gasteiger partial charge in [-0.15, -0.1) is 0 Å². The number of nitriles is 1. The first kappa shape index (κ1) is 9.83. The Balaban J connectivity index is 2.95. The van der Waals surface area contributed by atoms with Gasteiger partial charge in [-0.3, -0.25) is 0 Å². The fourth-order valence-electron chi connectivity index (χ4n) is 0.937. The van der Waals surface area contributed by atoms with Crippen molar-refractivity contribution in [3.8, 4) is 17.9 Å². The summed E-state index contributed by atoms with van der Waals surface area (Å²) >= 11 is 0. The van der Waals surface area contributed by atoms with Gasteiger partial charge in [-0.05, 0) is 18.2 Å². The molecule has 0 atom stereocenters. The van der Waals surface area contributed by atoms with Gasteiger partial charge in [0.1, 0.15) is 12.4 Å². The fraction of sp³-hybridized carbons (Fsp3) is 0.0909. The predicted molar refractivity (Wildman–Crippen MR) is 53.1 cm³/mol. The molecule has 0 bridgehead atoms. The quantitative estimate of drug-likeness (QED) is 0.403. The van der Waals surface area contributed by atoms with E-state index in [1.165, 1.54) is 0 Å². The molecule has 3 nitrogen and oxygen atoms in total. The van der Waals surface area contributed by atoms with Crippen LogP contribution in [0.4, 0.5) is 5.69 Å². The topological polar surface area (TPSA) is 66.9 Å². The summed E-state index contributed by atoms with van der Waals surface area (Å²) in [5.41, 5.74) is 7.13. The third-order valence-corrected chi connectivity index (χ3v) is 1.59. The van der Waals surface area contributed by atoms with Gasteiger partial charge >= 0.3 is 0 Å². The molecule has 0 saturated carbocycles. The van der Waals surface area contributed by atoms with Crippen LogP contribution in [-0.4, -0.2) is 6.29 Å². The number of carbonyl (C=O) groups is 1. The molecule has 0 heterocycles. The van der Waals surface area contributed by atoms with Gasteiger partial charge in [-0.2, -0.15) is 5.26 Å². The second-order valence-electron chi connectivity index (χ2n) is 2.59. The zero-order valence-electron chi connectivity index (χ0n) is 7.45. The predicted octanol–water partition coefficient (Wildman–Crippen LogP) is 1.08. The zero-order valence-corrected chi connectivity index (χ0v) is 7.45. The summed E-state index contributed by atoms with van der Waals surface area (Å²) in [4.78, 5) is 9.99. The average Bonchev–Trinajstić information content (AvgIpc) is 2.18. The van der Waals surface area contributed by atoms with Crippen molar-refractivity contribution in [2.75, 3.05) is 5.73 Å². The number of nitrogen functional groups attached to an aromatic ring is 1. The summed E-state index contributed by atoms with van der Waals surface area (Å²) in [6.45, 7) is 0. The monoisotopic (exact) mass is 184 g/mol. The molecule has 0 radical (unpaired) electrons. The number of rotatable bonds is 1. The highest BCUT2D eigenvalue weighted by molar-refractivity contribution is 5.59. The molecule has 3 heteroatoms. The van der Waals surface area contributed by atoms with E-state index >= 15 is 0 Å². The van der Waals surface area contributed by atoms with Crippen molar-refractivity contribution in [2.24, 2.45) is 0 Å². The molecule has 0 spiro atoms. The molecule has 0 fully saturated rings. The number of anilines is 1. The lowest BCUT2D eigenvalue weighted by atomic mass is 10.1. The van der Waals surface area contributed by atoms with Crippen LogP contribution < -0.4 is 5.73 Å². The molecule has 1 rings (SSSR count). The molecule has 0 unspecified atom stereocenters. The Labute approximate surface area is 82.1 Å². The summed E-state index contributed by atoms with van der Waals surface area (Å²) in [5, 5.41) is 8.61. The lowest BCUT2D eigenvalue weighted by Crippen LogP contribution is -1.90. The number of benzene rings is 1. The first-order valence-electron chi connectivity index (χ1n) is 4.00. The number of aldehydes is 1. The van der Waals surface area contributed by atoms with Crippen molar-refractivity contribution in [1.82, 2.24) is 0 Å². The van der Waals surface area contributed by atoms with Gasteiger partial charge in [-0.25, -0.2) is 0 Å². The van der Waals surface area contributed by atoms with Crippen molar-refractivity contribution >= 4 is 12.0 Å². The van der Waals surface area contributed by atoms with Crippen molar-refractivity contribution in [1.29, 1.82) is 5.26 Å². The van der Waals surface area contributed by atoms with E-state index in [9.17, 15) is 4.79 Å². The van der Waals surface area contributed by atoms with Gasteiger partial charge in [0.25, 0.3) is 0 Å². The first-order chi connectivity index (χ1) is 6.77. The Morgan fingerprint density at radius 3 is 2.86 bits per heavy atom. The standard InChI is InChI=1S/C11H8N2O/c12-8-10-5-4-9(7-11(10)13)3-1-2-6-14/h4-7H,2,13H2. The van der Waals surface area contributed by atoms with Gasteiger partial charge in [0.2, 0.25) is 0 Å². The molecule has 1 aromatic rings. The summed E-state index contributed by atoms with van der Waals surface area (Å²) in [6.07, 6.45) is 0.944. The van der Waals surface area contributed by atoms with Gasteiger partial charge in [0.05, 0.1) is 17.7 Å². The van der Waals surface area contributed by atoms with E-state index in [2.05, 4.69) is 11.8 Å². The van der Waals surface area contributed by atoms with E-state index in [0.29, 0.717) is 16.8 Å². The molecule has 0 aliphatic rings. The Bertz CT molecular complexity index is 447. The van der Waals surface area contributed by atoms with Crippen LogP contribution in [0.5, 0.6) is 0 Å². The van der Waals surface area contributed by atoms with Crippen molar-refractivity contribution in [3.05, 3.63) is 29.3 Å². The average molecular weight is 184 g/mol. The molecule has 68 valence electrons. The number of hydrogen-bond donors (Lipinski definition) is 1. The van der Waals surface area contributed by atoms with E-state index in [0.717, 1.165) is 6.29 Å². The van der Waals surface area contributed by atoms with Crippen LogP contribution >= 0.6 is 0 Å². The first-order valence-corrected chi connectivity index (χ1v) is 4.00. The van der Waals surface area contributed by atoms with Crippen LogP contribution in [0.3, 0.4) is 0 Å². The third-order valence-electron chi connectivity index (χ3n) is 1.59. The SMILES string of the molecule is N#Cc1ccc(C#CCC=O)cc1N. The molecule has 2 N–H and O–H groups in total. The molecule has 0 aromatic heterocycles. The Morgan fingerprint density at radius 1 is 1.50 bits per heavy atom. The largest absolute Gasteiger partial charge is 0.398 e. The summed E-state index contributed by atoms with van der Waals surface area (Å²) < 4.78 is 0. The number of nitrogens with two attached hydrogens (primary N) is 1. The van der Waals surface area contributed by atoms with Gasteiger partial charge in [-0.1, -0.05) is 11.8 Å². The highest BCUT2D eigenvalue weighted by Gasteiger charge is 1.96. The number of hydrogen-bond acceptors (Lipinski definition) is 3. The molecule has 1 aromatic carbocycles. The van der Waals surface area contributed by atoms with Crippen LogP contribution in [-0.2, 0) is 4.79 Å². The molecule has 14 heavy (non-hydrogen) atoms. The normalized spacial score (nSPS) is 8.21. The Kier molecular flexibility index (Phi) is 3.29. The highest BCUT2D eigenvalue weighted by atomic mass is 16.1. The smallest absolute Gasteiger partial charge is 0.131 e. The minimum atomic E-state index is 0.208. The van der Waals surface area contributed by atoms with Crippen molar-refractivity contribution in [2.45, 2.75) is 6.42 Å². The summed E-state index contributed by atoms with van der Waals surface area (Å²) in [5.74, 6) is 5.43. The minimum absolute atomic E-state index is 0.208. The third kappa shape index (κ3) is 2.36. The number of nitrogens with zero attached hydrogens (tertiary/aromatic N) is 1.